The summed E-state index contributed by atoms with van der Waals surface area (Å²) in [6.45, 7) is -0.330. The van der Waals surface area contributed by atoms with E-state index in [1.807, 2.05) is 0 Å². The number of rotatable bonds is 5. The Morgan fingerprint density at radius 3 is 2.33 bits per heavy atom. The van der Waals surface area contributed by atoms with E-state index >= 15 is 0 Å². The van der Waals surface area contributed by atoms with Crippen LogP contribution in [0.2, 0.25) is 5.02 Å². The van der Waals surface area contributed by atoms with Gasteiger partial charge in [-0.05, 0) is 24.3 Å². The van der Waals surface area contributed by atoms with Crippen molar-refractivity contribution in [1.82, 2.24) is 9.03 Å². The molecule has 0 heterocycles. The topological polar surface area (TPSA) is 78.5 Å². The summed E-state index contributed by atoms with van der Waals surface area (Å²) in [5.41, 5.74) is 0.549. The van der Waals surface area contributed by atoms with Gasteiger partial charge in [-0.2, -0.15) is 17.4 Å². The number of amides is 1. The van der Waals surface area contributed by atoms with E-state index in [1.165, 1.54) is 14.1 Å². The van der Waals surface area contributed by atoms with Gasteiger partial charge in [-0.3, -0.25) is 4.79 Å². The van der Waals surface area contributed by atoms with Gasteiger partial charge in [-0.1, -0.05) is 11.6 Å². The molecular weight excluding hydrogens is 278 g/mol. The zero-order chi connectivity index (χ0) is 13.8. The number of carbonyl (C=O) groups excluding carboxylic acids is 1. The van der Waals surface area contributed by atoms with Crippen LogP contribution in [-0.4, -0.2) is 39.3 Å². The first-order valence-corrected chi connectivity index (χ1v) is 6.85. The largest absolute Gasteiger partial charge is 0.325 e. The van der Waals surface area contributed by atoms with Gasteiger partial charge in [0.05, 0.1) is 6.54 Å². The Labute approximate surface area is 111 Å². The Morgan fingerprint density at radius 2 is 1.83 bits per heavy atom. The molecule has 0 radical (unpaired) electrons. The molecule has 0 saturated carbocycles. The van der Waals surface area contributed by atoms with Crippen molar-refractivity contribution in [1.29, 1.82) is 0 Å². The van der Waals surface area contributed by atoms with Gasteiger partial charge in [-0.25, -0.2) is 0 Å². The van der Waals surface area contributed by atoms with Crippen LogP contribution in [0.4, 0.5) is 5.69 Å². The molecule has 1 amide bonds. The zero-order valence-corrected chi connectivity index (χ0v) is 11.5. The average Bonchev–Trinajstić information content (AvgIpc) is 2.29. The molecule has 6 nitrogen and oxygen atoms in total. The number of nitrogens with zero attached hydrogens (tertiary/aromatic N) is 1. The van der Waals surface area contributed by atoms with Gasteiger partial charge < -0.3 is 5.32 Å². The molecule has 18 heavy (non-hydrogen) atoms. The number of halogens is 1. The molecule has 8 heteroatoms. The van der Waals surface area contributed by atoms with Crippen molar-refractivity contribution in [3.05, 3.63) is 29.3 Å². The Hall–Kier alpha value is -1.15. The molecule has 0 aromatic heterocycles. The van der Waals surface area contributed by atoms with Crippen molar-refractivity contribution in [3.8, 4) is 0 Å². The van der Waals surface area contributed by atoms with Crippen LogP contribution in [0.1, 0.15) is 0 Å². The van der Waals surface area contributed by atoms with E-state index in [0.29, 0.717) is 10.7 Å². The Bertz CT molecular complexity index is 514. The van der Waals surface area contributed by atoms with E-state index in [0.717, 1.165) is 4.31 Å². The van der Waals surface area contributed by atoms with Crippen molar-refractivity contribution in [2.45, 2.75) is 0 Å². The molecular formula is C10H14ClN3O3S. The van der Waals surface area contributed by atoms with Crippen LogP contribution in [-0.2, 0) is 15.0 Å². The Morgan fingerprint density at radius 1 is 1.28 bits per heavy atom. The molecule has 0 aliphatic rings. The molecule has 1 aromatic carbocycles. The Kier molecular flexibility index (Phi) is 5.09. The molecule has 0 aliphatic heterocycles. The highest BCUT2D eigenvalue weighted by atomic mass is 35.5. The van der Waals surface area contributed by atoms with Gasteiger partial charge in [0.15, 0.2) is 0 Å². The molecule has 0 unspecified atom stereocenters. The molecule has 0 aliphatic carbocycles. The molecule has 2 N–H and O–H groups in total. The molecule has 100 valence electrons. The zero-order valence-electron chi connectivity index (χ0n) is 9.97. The fourth-order valence-electron chi connectivity index (χ4n) is 1.02. The smallest absolute Gasteiger partial charge is 0.279 e. The first-order chi connectivity index (χ1) is 8.31. The van der Waals surface area contributed by atoms with Crippen LogP contribution in [0.3, 0.4) is 0 Å². The van der Waals surface area contributed by atoms with Gasteiger partial charge in [0.1, 0.15) is 0 Å². The van der Waals surface area contributed by atoms with Gasteiger partial charge in [0, 0.05) is 24.8 Å². The lowest BCUT2D eigenvalue weighted by Gasteiger charge is -2.12. The monoisotopic (exact) mass is 291 g/mol. The van der Waals surface area contributed by atoms with Gasteiger partial charge in [0.2, 0.25) is 5.91 Å². The normalized spacial score (nSPS) is 11.6. The van der Waals surface area contributed by atoms with Crippen molar-refractivity contribution in [2.75, 3.05) is 26.0 Å². The molecule has 0 saturated heterocycles. The number of nitrogens with one attached hydrogen (secondary N) is 2. The number of anilines is 1. The quantitative estimate of drug-likeness (QED) is 0.837. The van der Waals surface area contributed by atoms with E-state index < -0.39 is 16.1 Å². The maximum atomic E-state index is 11.5. The number of hydrogen-bond acceptors (Lipinski definition) is 3. The van der Waals surface area contributed by atoms with E-state index in [2.05, 4.69) is 10.0 Å². The second-order valence-electron chi connectivity index (χ2n) is 3.66. The predicted octanol–water partition coefficient (Wildman–Crippen LogP) is 0.674. The maximum Gasteiger partial charge on any atom is 0.279 e. The summed E-state index contributed by atoms with van der Waals surface area (Å²) in [6, 6.07) is 6.50. The molecule has 0 spiro atoms. The summed E-state index contributed by atoms with van der Waals surface area (Å²) < 4.78 is 25.8. The number of carbonyl (C=O) groups is 1. The van der Waals surface area contributed by atoms with Gasteiger partial charge >= 0.3 is 0 Å². The third-order valence-electron chi connectivity index (χ3n) is 2.02. The third kappa shape index (κ3) is 4.61. The summed E-state index contributed by atoms with van der Waals surface area (Å²) in [5.74, 6) is -0.456. The van der Waals surface area contributed by atoms with E-state index in [-0.39, 0.29) is 6.54 Å². The predicted molar refractivity (Wildman–Crippen MR) is 70.7 cm³/mol. The fraction of sp³-hybridized carbons (Fsp3) is 0.300. The molecule has 0 bridgehead atoms. The summed E-state index contributed by atoms with van der Waals surface area (Å²) in [6.07, 6.45) is 0. The molecule has 1 aromatic rings. The van der Waals surface area contributed by atoms with Gasteiger partial charge in [0.25, 0.3) is 10.2 Å². The van der Waals surface area contributed by atoms with Crippen molar-refractivity contribution < 1.29 is 13.2 Å². The first kappa shape index (κ1) is 14.9. The molecule has 0 fully saturated rings. The molecule has 0 atom stereocenters. The average molecular weight is 292 g/mol. The summed E-state index contributed by atoms with van der Waals surface area (Å²) in [7, 11) is -0.842. The van der Waals surface area contributed by atoms with Crippen LogP contribution in [0.15, 0.2) is 24.3 Å². The lowest BCUT2D eigenvalue weighted by Crippen LogP contribution is -2.40. The van der Waals surface area contributed by atoms with Crippen LogP contribution in [0.25, 0.3) is 0 Å². The highest BCUT2D eigenvalue weighted by Gasteiger charge is 2.14. The van der Waals surface area contributed by atoms with Crippen molar-refractivity contribution in [2.24, 2.45) is 0 Å². The summed E-state index contributed by atoms with van der Waals surface area (Å²) in [5, 5.41) is 3.09. The fourth-order valence-corrected chi connectivity index (χ4v) is 1.72. The number of hydrogen-bond donors (Lipinski definition) is 2. The van der Waals surface area contributed by atoms with E-state index in [9.17, 15) is 13.2 Å². The van der Waals surface area contributed by atoms with E-state index in [1.54, 1.807) is 24.3 Å². The lowest BCUT2D eigenvalue weighted by atomic mass is 10.3. The third-order valence-corrected chi connectivity index (χ3v) is 3.75. The number of benzene rings is 1. The van der Waals surface area contributed by atoms with Gasteiger partial charge in [-0.15, -0.1) is 0 Å². The van der Waals surface area contributed by atoms with Crippen LogP contribution in [0, 0.1) is 0 Å². The SMILES string of the molecule is CN(C)S(=O)(=O)NCC(=O)Nc1ccc(Cl)cc1. The second kappa shape index (κ2) is 6.14. The minimum atomic E-state index is -3.59. The highest BCUT2D eigenvalue weighted by Crippen LogP contribution is 2.12. The standard InChI is InChI=1S/C10H14ClN3O3S/c1-14(2)18(16,17)12-7-10(15)13-9-5-3-8(11)4-6-9/h3-6,12H,7H2,1-2H3,(H,13,15). The Balaban J connectivity index is 2.50. The highest BCUT2D eigenvalue weighted by molar-refractivity contribution is 7.87. The summed E-state index contributed by atoms with van der Waals surface area (Å²) in [4.78, 5) is 11.5. The second-order valence-corrected chi connectivity index (χ2v) is 6.07. The molecule has 1 rings (SSSR count). The van der Waals surface area contributed by atoms with Crippen LogP contribution in [0.5, 0.6) is 0 Å². The van der Waals surface area contributed by atoms with E-state index in [4.69, 9.17) is 11.6 Å². The van der Waals surface area contributed by atoms with Crippen LogP contribution < -0.4 is 10.0 Å². The first-order valence-electron chi connectivity index (χ1n) is 5.04. The van der Waals surface area contributed by atoms with Crippen molar-refractivity contribution in [3.63, 3.8) is 0 Å². The minimum absolute atomic E-state index is 0.330. The van der Waals surface area contributed by atoms with Crippen LogP contribution >= 0.6 is 11.6 Å². The maximum absolute atomic E-state index is 11.5. The lowest BCUT2D eigenvalue weighted by molar-refractivity contribution is -0.115. The summed E-state index contributed by atoms with van der Waals surface area (Å²) >= 11 is 5.69. The van der Waals surface area contributed by atoms with Crippen molar-refractivity contribution >= 4 is 33.4 Å². The minimum Gasteiger partial charge on any atom is -0.325 e.